The van der Waals surface area contributed by atoms with Crippen LogP contribution < -0.4 is 14.8 Å². The minimum atomic E-state index is -0.219. The Labute approximate surface area is 177 Å². The van der Waals surface area contributed by atoms with E-state index in [1.807, 2.05) is 19.1 Å². The summed E-state index contributed by atoms with van der Waals surface area (Å²) in [4.78, 5) is 17.2. The number of nitriles is 1. The SMILES string of the molecule is COc1ccc(CN2CCN([C@H](C)C(=O)Nc3ccc(C#N)cc3)CC2)cc1OC. The van der Waals surface area contributed by atoms with E-state index in [0.717, 1.165) is 44.2 Å². The number of carbonyl (C=O) groups is 1. The maximum Gasteiger partial charge on any atom is 0.241 e. The first-order valence-corrected chi connectivity index (χ1v) is 10.0. The predicted molar refractivity (Wildman–Crippen MR) is 116 cm³/mol. The fourth-order valence-electron chi connectivity index (χ4n) is 3.59. The number of nitrogens with zero attached hydrogens (tertiary/aromatic N) is 3. The molecule has 1 heterocycles. The van der Waals surface area contributed by atoms with Crippen molar-refractivity contribution in [1.82, 2.24) is 9.80 Å². The molecule has 1 aliphatic rings. The minimum Gasteiger partial charge on any atom is -0.493 e. The first-order chi connectivity index (χ1) is 14.5. The van der Waals surface area contributed by atoms with Gasteiger partial charge in [-0.25, -0.2) is 0 Å². The van der Waals surface area contributed by atoms with E-state index in [2.05, 4.69) is 27.3 Å². The van der Waals surface area contributed by atoms with Gasteiger partial charge in [-0.15, -0.1) is 0 Å². The molecule has 0 spiro atoms. The summed E-state index contributed by atoms with van der Waals surface area (Å²) in [6.07, 6.45) is 0. The van der Waals surface area contributed by atoms with Gasteiger partial charge in [-0.3, -0.25) is 14.6 Å². The van der Waals surface area contributed by atoms with Crippen molar-refractivity contribution in [1.29, 1.82) is 5.26 Å². The maximum atomic E-state index is 12.6. The molecule has 3 rings (SSSR count). The van der Waals surface area contributed by atoms with E-state index in [9.17, 15) is 4.79 Å². The van der Waals surface area contributed by atoms with Gasteiger partial charge < -0.3 is 14.8 Å². The van der Waals surface area contributed by atoms with Crippen molar-refractivity contribution >= 4 is 11.6 Å². The largest absolute Gasteiger partial charge is 0.493 e. The van der Waals surface area contributed by atoms with Crippen molar-refractivity contribution in [2.45, 2.75) is 19.5 Å². The molecule has 7 nitrogen and oxygen atoms in total. The Bertz CT molecular complexity index is 900. The number of anilines is 1. The number of amides is 1. The van der Waals surface area contributed by atoms with Gasteiger partial charge in [0.05, 0.1) is 31.9 Å². The van der Waals surface area contributed by atoms with Crippen LogP contribution in [0.3, 0.4) is 0 Å². The molecule has 0 radical (unpaired) electrons. The summed E-state index contributed by atoms with van der Waals surface area (Å²) in [5.41, 5.74) is 2.46. The second-order valence-corrected chi connectivity index (χ2v) is 7.36. The van der Waals surface area contributed by atoms with Gasteiger partial charge in [-0.2, -0.15) is 5.26 Å². The van der Waals surface area contributed by atoms with Crippen molar-refractivity contribution in [3.63, 3.8) is 0 Å². The molecule has 1 N–H and O–H groups in total. The van der Waals surface area contributed by atoms with Gasteiger partial charge in [0, 0.05) is 38.4 Å². The highest BCUT2D eigenvalue weighted by molar-refractivity contribution is 5.94. The van der Waals surface area contributed by atoms with Crippen LogP contribution in [0, 0.1) is 11.3 Å². The molecular formula is C23H28N4O3. The van der Waals surface area contributed by atoms with E-state index in [-0.39, 0.29) is 11.9 Å². The number of hydrogen-bond donors (Lipinski definition) is 1. The first-order valence-electron chi connectivity index (χ1n) is 10.0. The van der Waals surface area contributed by atoms with E-state index in [1.54, 1.807) is 38.5 Å². The Balaban J connectivity index is 1.50. The molecule has 0 aliphatic carbocycles. The lowest BCUT2D eigenvalue weighted by atomic mass is 10.1. The number of carbonyl (C=O) groups excluding carboxylic acids is 1. The maximum absolute atomic E-state index is 12.6. The molecule has 0 aromatic heterocycles. The monoisotopic (exact) mass is 408 g/mol. The molecule has 30 heavy (non-hydrogen) atoms. The van der Waals surface area contributed by atoms with Crippen LogP contribution >= 0.6 is 0 Å². The third kappa shape index (κ3) is 5.29. The van der Waals surface area contributed by atoms with Crippen LogP contribution in [0.5, 0.6) is 11.5 Å². The Morgan fingerprint density at radius 2 is 1.73 bits per heavy atom. The molecule has 1 saturated heterocycles. The second-order valence-electron chi connectivity index (χ2n) is 7.36. The fourth-order valence-corrected chi connectivity index (χ4v) is 3.59. The number of piperazine rings is 1. The molecule has 2 aromatic carbocycles. The average Bonchev–Trinajstić information content (AvgIpc) is 2.79. The third-order valence-corrected chi connectivity index (χ3v) is 5.47. The van der Waals surface area contributed by atoms with Gasteiger partial charge in [-0.1, -0.05) is 6.07 Å². The normalized spacial score (nSPS) is 15.8. The Morgan fingerprint density at radius 1 is 1.07 bits per heavy atom. The van der Waals surface area contributed by atoms with Gasteiger partial charge >= 0.3 is 0 Å². The molecular weight excluding hydrogens is 380 g/mol. The zero-order valence-electron chi connectivity index (χ0n) is 17.7. The molecule has 158 valence electrons. The average molecular weight is 409 g/mol. The number of benzene rings is 2. The topological polar surface area (TPSA) is 77.8 Å². The van der Waals surface area contributed by atoms with E-state index >= 15 is 0 Å². The van der Waals surface area contributed by atoms with Gasteiger partial charge in [0.15, 0.2) is 11.5 Å². The van der Waals surface area contributed by atoms with Crippen molar-refractivity contribution < 1.29 is 14.3 Å². The summed E-state index contributed by atoms with van der Waals surface area (Å²) in [7, 11) is 3.28. The summed E-state index contributed by atoms with van der Waals surface area (Å²) in [5, 5.41) is 11.8. The highest BCUT2D eigenvalue weighted by atomic mass is 16.5. The molecule has 0 bridgehead atoms. The lowest BCUT2D eigenvalue weighted by Gasteiger charge is -2.37. The Hall–Kier alpha value is -3.08. The van der Waals surface area contributed by atoms with E-state index in [1.165, 1.54) is 5.56 Å². The minimum absolute atomic E-state index is 0.0342. The molecule has 1 atom stereocenters. The van der Waals surface area contributed by atoms with E-state index in [0.29, 0.717) is 11.3 Å². The number of ether oxygens (including phenoxy) is 2. The van der Waals surface area contributed by atoms with Crippen LogP contribution in [0.1, 0.15) is 18.1 Å². The van der Waals surface area contributed by atoms with Crippen LogP contribution in [-0.4, -0.2) is 62.1 Å². The Morgan fingerprint density at radius 3 is 2.33 bits per heavy atom. The standard InChI is InChI=1S/C23H28N4O3/c1-17(23(28)25-20-7-4-18(15-24)5-8-20)27-12-10-26(11-13-27)16-19-6-9-21(29-2)22(14-19)30-3/h4-9,14,17H,10-13,16H2,1-3H3,(H,25,28)/t17-/m1/s1. The van der Waals surface area contributed by atoms with Gasteiger partial charge in [0.25, 0.3) is 0 Å². The molecule has 0 saturated carbocycles. The van der Waals surface area contributed by atoms with Crippen LogP contribution in [0.4, 0.5) is 5.69 Å². The third-order valence-electron chi connectivity index (χ3n) is 5.47. The Kier molecular flexibility index (Phi) is 7.28. The molecule has 1 aliphatic heterocycles. The van der Waals surface area contributed by atoms with Crippen molar-refractivity contribution in [3.8, 4) is 17.6 Å². The van der Waals surface area contributed by atoms with Crippen LogP contribution in [0.25, 0.3) is 0 Å². The molecule has 7 heteroatoms. The number of rotatable bonds is 7. The quantitative estimate of drug-likeness (QED) is 0.759. The second kappa shape index (κ2) is 10.1. The summed E-state index contributed by atoms with van der Waals surface area (Å²) in [6, 6.07) is 14.8. The summed E-state index contributed by atoms with van der Waals surface area (Å²) >= 11 is 0. The summed E-state index contributed by atoms with van der Waals surface area (Å²) in [5.74, 6) is 1.43. The zero-order chi connectivity index (χ0) is 21.5. The lowest BCUT2D eigenvalue weighted by molar-refractivity contribution is -0.121. The summed E-state index contributed by atoms with van der Waals surface area (Å²) in [6.45, 7) is 6.21. The highest BCUT2D eigenvalue weighted by Crippen LogP contribution is 2.28. The first kappa shape index (κ1) is 21.6. The molecule has 0 unspecified atom stereocenters. The van der Waals surface area contributed by atoms with Gasteiger partial charge in [-0.05, 0) is 48.9 Å². The van der Waals surface area contributed by atoms with Gasteiger partial charge in [0.1, 0.15) is 0 Å². The molecule has 1 amide bonds. The number of nitrogens with one attached hydrogen (secondary N) is 1. The zero-order valence-corrected chi connectivity index (χ0v) is 17.7. The van der Waals surface area contributed by atoms with Crippen LogP contribution in [-0.2, 0) is 11.3 Å². The number of hydrogen-bond acceptors (Lipinski definition) is 6. The predicted octanol–water partition coefficient (Wildman–Crippen LogP) is 2.72. The lowest BCUT2D eigenvalue weighted by Crippen LogP contribution is -2.52. The van der Waals surface area contributed by atoms with E-state index in [4.69, 9.17) is 14.7 Å². The van der Waals surface area contributed by atoms with Crippen LogP contribution in [0.2, 0.25) is 0 Å². The molecule has 2 aromatic rings. The number of methoxy groups -OCH3 is 2. The van der Waals surface area contributed by atoms with Crippen molar-refractivity contribution in [2.75, 3.05) is 45.7 Å². The fraction of sp³-hybridized carbons (Fsp3) is 0.391. The van der Waals surface area contributed by atoms with Gasteiger partial charge in [0.2, 0.25) is 5.91 Å². The highest BCUT2D eigenvalue weighted by Gasteiger charge is 2.25. The van der Waals surface area contributed by atoms with Crippen LogP contribution in [0.15, 0.2) is 42.5 Å². The van der Waals surface area contributed by atoms with E-state index < -0.39 is 0 Å². The van der Waals surface area contributed by atoms with Crippen molar-refractivity contribution in [3.05, 3.63) is 53.6 Å². The summed E-state index contributed by atoms with van der Waals surface area (Å²) < 4.78 is 10.7. The molecule has 1 fully saturated rings. The smallest absolute Gasteiger partial charge is 0.241 e. The van der Waals surface area contributed by atoms with Crippen molar-refractivity contribution in [2.24, 2.45) is 0 Å².